The number of hydrogen-bond donors (Lipinski definition) is 1. The van der Waals surface area contributed by atoms with E-state index in [-0.39, 0.29) is 16.8 Å². The Labute approximate surface area is 130 Å². The molecule has 0 bridgehead atoms. The SMILES string of the molecule is CC(Nc1ccc(Cl)c([N+](=O)[O-])c1)c1ccc(Br)cc1. The van der Waals surface area contributed by atoms with Crippen LogP contribution in [0.3, 0.4) is 0 Å². The molecule has 0 saturated heterocycles. The second-order valence-corrected chi connectivity index (χ2v) is 5.66. The van der Waals surface area contributed by atoms with Crippen molar-refractivity contribution in [2.45, 2.75) is 13.0 Å². The van der Waals surface area contributed by atoms with E-state index < -0.39 is 4.92 Å². The highest BCUT2D eigenvalue weighted by molar-refractivity contribution is 9.10. The minimum absolute atomic E-state index is 0.0314. The van der Waals surface area contributed by atoms with Gasteiger partial charge in [-0.1, -0.05) is 39.7 Å². The number of benzene rings is 2. The molecule has 0 aromatic heterocycles. The van der Waals surface area contributed by atoms with Gasteiger partial charge in [0.25, 0.3) is 5.69 Å². The maximum Gasteiger partial charge on any atom is 0.289 e. The number of nitro benzene ring substituents is 1. The quantitative estimate of drug-likeness (QED) is 0.607. The highest BCUT2D eigenvalue weighted by Crippen LogP contribution is 2.29. The van der Waals surface area contributed by atoms with Gasteiger partial charge in [-0.3, -0.25) is 10.1 Å². The van der Waals surface area contributed by atoms with E-state index in [1.807, 2.05) is 31.2 Å². The monoisotopic (exact) mass is 354 g/mol. The fourth-order valence-electron chi connectivity index (χ4n) is 1.83. The van der Waals surface area contributed by atoms with Gasteiger partial charge in [-0.25, -0.2) is 0 Å². The first kappa shape index (κ1) is 14.8. The molecule has 1 atom stereocenters. The molecule has 0 aliphatic carbocycles. The van der Waals surface area contributed by atoms with Crippen LogP contribution in [-0.4, -0.2) is 4.92 Å². The minimum Gasteiger partial charge on any atom is -0.378 e. The molecule has 0 amide bonds. The van der Waals surface area contributed by atoms with Gasteiger partial charge in [-0.2, -0.15) is 0 Å². The number of halogens is 2. The summed E-state index contributed by atoms with van der Waals surface area (Å²) in [6.07, 6.45) is 0. The number of anilines is 1. The van der Waals surface area contributed by atoms with Gasteiger partial charge in [0.1, 0.15) is 5.02 Å². The minimum atomic E-state index is -0.488. The lowest BCUT2D eigenvalue weighted by Crippen LogP contribution is -2.06. The van der Waals surface area contributed by atoms with E-state index in [2.05, 4.69) is 21.2 Å². The van der Waals surface area contributed by atoms with Crippen molar-refractivity contribution in [2.24, 2.45) is 0 Å². The highest BCUT2D eigenvalue weighted by Gasteiger charge is 2.14. The third-order valence-electron chi connectivity index (χ3n) is 2.90. The molecule has 2 aromatic carbocycles. The Hall–Kier alpha value is -1.59. The third kappa shape index (κ3) is 3.49. The first-order chi connectivity index (χ1) is 9.47. The Morgan fingerprint density at radius 3 is 2.50 bits per heavy atom. The molecule has 0 saturated carbocycles. The van der Waals surface area contributed by atoms with Gasteiger partial charge < -0.3 is 5.32 Å². The molecular formula is C14H12BrClN2O2. The topological polar surface area (TPSA) is 55.2 Å². The molecule has 1 N–H and O–H groups in total. The van der Waals surface area contributed by atoms with Crippen molar-refractivity contribution in [1.82, 2.24) is 0 Å². The molecule has 1 unspecified atom stereocenters. The van der Waals surface area contributed by atoms with Crippen LogP contribution >= 0.6 is 27.5 Å². The normalized spacial score (nSPS) is 11.9. The molecule has 0 fully saturated rings. The third-order valence-corrected chi connectivity index (χ3v) is 3.74. The smallest absolute Gasteiger partial charge is 0.289 e. The molecule has 6 heteroatoms. The Bertz CT molecular complexity index is 632. The largest absolute Gasteiger partial charge is 0.378 e. The fraction of sp³-hybridized carbons (Fsp3) is 0.143. The van der Waals surface area contributed by atoms with Crippen molar-refractivity contribution in [3.8, 4) is 0 Å². The Balaban J connectivity index is 2.19. The number of nitro groups is 1. The van der Waals surface area contributed by atoms with Gasteiger partial charge in [0.05, 0.1) is 4.92 Å². The zero-order valence-electron chi connectivity index (χ0n) is 10.6. The predicted octanol–water partition coefficient (Wildman–Crippen LogP) is 5.18. The highest BCUT2D eigenvalue weighted by atomic mass is 79.9. The molecule has 4 nitrogen and oxygen atoms in total. The summed E-state index contributed by atoms with van der Waals surface area (Å²) < 4.78 is 1.01. The lowest BCUT2D eigenvalue weighted by Gasteiger charge is -2.15. The van der Waals surface area contributed by atoms with E-state index in [4.69, 9.17) is 11.6 Å². The van der Waals surface area contributed by atoms with Crippen LogP contribution < -0.4 is 5.32 Å². The fourth-order valence-corrected chi connectivity index (χ4v) is 2.28. The molecule has 0 aliphatic rings. The van der Waals surface area contributed by atoms with Gasteiger partial charge in [-0.05, 0) is 36.8 Å². The lowest BCUT2D eigenvalue weighted by atomic mass is 10.1. The van der Waals surface area contributed by atoms with E-state index in [9.17, 15) is 10.1 Å². The first-order valence-corrected chi connectivity index (χ1v) is 7.10. The summed E-state index contributed by atoms with van der Waals surface area (Å²) in [5, 5.41) is 14.2. The van der Waals surface area contributed by atoms with Gasteiger partial charge in [-0.15, -0.1) is 0 Å². The van der Waals surface area contributed by atoms with Crippen molar-refractivity contribution < 1.29 is 4.92 Å². The van der Waals surface area contributed by atoms with Crippen LogP contribution in [0.1, 0.15) is 18.5 Å². The summed E-state index contributed by atoms with van der Waals surface area (Å²) in [6, 6.07) is 12.6. The molecule has 2 rings (SSSR count). The number of rotatable bonds is 4. The zero-order chi connectivity index (χ0) is 14.7. The Kier molecular flexibility index (Phi) is 4.62. The zero-order valence-corrected chi connectivity index (χ0v) is 13.0. The standard InChI is InChI=1S/C14H12BrClN2O2/c1-9(10-2-4-11(15)5-3-10)17-12-6-7-13(16)14(8-12)18(19)20/h2-9,17H,1H3. The van der Waals surface area contributed by atoms with Crippen LogP contribution in [0.5, 0.6) is 0 Å². The van der Waals surface area contributed by atoms with Crippen LogP contribution in [0.25, 0.3) is 0 Å². The summed E-state index contributed by atoms with van der Waals surface area (Å²) in [7, 11) is 0. The number of hydrogen-bond acceptors (Lipinski definition) is 3. The maximum absolute atomic E-state index is 10.9. The first-order valence-electron chi connectivity index (χ1n) is 5.93. The van der Waals surface area contributed by atoms with Gasteiger partial charge in [0.2, 0.25) is 0 Å². The molecular weight excluding hydrogens is 344 g/mol. The lowest BCUT2D eigenvalue weighted by molar-refractivity contribution is -0.384. The molecule has 0 heterocycles. The summed E-state index contributed by atoms with van der Waals surface area (Å²) in [5.74, 6) is 0. The van der Waals surface area contributed by atoms with E-state index in [0.717, 1.165) is 10.0 Å². The van der Waals surface area contributed by atoms with Crippen molar-refractivity contribution in [2.75, 3.05) is 5.32 Å². The molecule has 0 aliphatic heterocycles. The Morgan fingerprint density at radius 1 is 1.25 bits per heavy atom. The molecule has 0 spiro atoms. The van der Waals surface area contributed by atoms with Crippen LogP contribution in [0.2, 0.25) is 5.02 Å². The van der Waals surface area contributed by atoms with E-state index in [1.165, 1.54) is 12.1 Å². The van der Waals surface area contributed by atoms with Crippen molar-refractivity contribution in [3.05, 3.63) is 67.6 Å². The van der Waals surface area contributed by atoms with Gasteiger partial charge in [0.15, 0.2) is 0 Å². The number of nitrogens with zero attached hydrogens (tertiary/aromatic N) is 1. The molecule has 2 aromatic rings. The average molecular weight is 356 g/mol. The van der Waals surface area contributed by atoms with Crippen molar-refractivity contribution in [1.29, 1.82) is 0 Å². The summed E-state index contributed by atoms with van der Waals surface area (Å²) >= 11 is 9.17. The van der Waals surface area contributed by atoms with Crippen molar-refractivity contribution in [3.63, 3.8) is 0 Å². The summed E-state index contributed by atoms with van der Waals surface area (Å²) in [4.78, 5) is 10.4. The molecule has 0 radical (unpaired) electrons. The molecule has 104 valence electrons. The van der Waals surface area contributed by atoms with Crippen molar-refractivity contribution >= 4 is 38.9 Å². The second-order valence-electron chi connectivity index (χ2n) is 4.34. The average Bonchev–Trinajstić information content (AvgIpc) is 2.41. The maximum atomic E-state index is 10.9. The summed E-state index contributed by atoms with van der Waals surface area (Å²) in [6.45, 7) is 1.99. The van der Waals surface area contributed by atoms with Gasteiger partial charge >= 0.3 is 0 Å². The van der Waals surface area contributed by atoms with E-state index >= 15 is 0 Å². The second kappa shape index (κ2) is 6.24. The summed E-state index contributed by atoms with van der Waals surface area (Å²) in [5.41, 5.74) is 1.65. The van der Waals surface area contributed by atoms with Crippen LogP contribution in [0.15, 0.2) is 46.9 Å². The van der Waals surface area contributed by atoms with Gasteiger partial charge in [0, 0.05) is 22.3 Å². The molecule has 20 heavy (non-hydrogen) atoms. The Morgan fingerprint density at radius 2 is 1.90 bits per heavy atom. The number of nitrogens with one attached hydrogen (secondary N) is 1. The van der Waals surface area contributed by atoms with Crippen LogP contribution in [0, 0.1) is 10.1 Å². The van der Waals surface area contributed by atoms with Crippen LogP contribution in [-0.2, 0) is 0 Å². The van der Waals surface area contributed by atoms with Crippen LogP contribution in [0.4, 0.5) is 11.4 Å². The van der Waals surface area contributed by atoms with E-state index in [1.54, 1.807) is 6.07 Å². The predicted molar refractivity (Wildman–Crippen MR) is 84.3 cm³/mol. The van der Waals surface area contributed by atoms with E-state index in [0.29, 0.717) is 5.69 Å².